The fourth-order valence-corrected chi connectivity index (χ4v) is 1.75. The van der Waals surface area contributed by atoms with Gasteiger partial charge in [-0.05, 0) is 25.7 Å². The molecule has 0 aromatic carbocycles. The Morgan fingerprint density at radius 1 is 1.61 bits per heavy atom. The Morgan fingerprint density at radius 3 is 2.83 bits per heavy atom. The summed E-state index contributed by atoms with van der Waals surface area (Å²) >= 11 is 0. The van der Waals surface area contributed by atoms with Crippen LogP contribution in [0.15, 0.2) is 6.33 Å². The van der Waals surface area contributed by atoms with Gasteiger partial charge in [-0.15, -0.1) is 0 Å². The van der Waals surface area contributed by atoms with Crippen LogP contribution in [0.25, 0.3) is 0 Å². The van der Waals surface area contributed by atoms with Crippen molar-refractivity contribution in [3.8, 4) is 0 Å². The van der Waals surface area contributed by atoms with Crippen LogP contribution in [0.2, 0.25) is 0 Å². The van der Waals surface area contributed by atoms with Crippen molar-refractivity contribution in [1.29, 1.82) is 0 Å². The predicted molar refractivity (Wildman–Crippen MR) is 60.5 cm³/mol. The summed E-state index contributed by atoms with van der Waals surface area (Å²) < 4.78 is 0. The van der Waals surface area contributed by atoms with E-state index in [-0.39, 0.29) is 12.5 Å². The third kappa shape index (κ3) is 2.58. The first-order chi connectivity index (χ1) is 8.52. The minimum Gasteiger partial charge on any atom is -0.480 e. The number of nitrogens with one attached hydrogen (secondary N) is 3. The zero-order chi connectivity index (χ0) is 13.2. The SMILES string of the molecule is CC(NC(=O)NCc1ncn[nH]1)(C(=O)O)C1CC1. The molecule has 2 rings (SSSR count). The number of hydrogen-bond donors (Lipinski definition) is 4. The molecule has 1 fully saturated rings. The number of urea groups is 1. The molecule has 0 bridgehead atoms. The molecular weight excluding hydrogens is 238 g/mol. The quantitative estimate of drug-likeness (QED) is 0.582. The van der Waals surface area contributed by atoms with Crippen LogP contribution in [0.4, 0.5) is 4.79 Å². The Morgan fingerprint density at radius 2 is 2.33 bits per heavy atom. The monoisotopic (exact) mass is 253 g/mol. The zero-order valence-corrected chi connectivity index (χ0v) is 9.93. The molecule has 1 unspecified atom stereocenters. The molecule has 1 heterocycles. The number of rotatable bonds is 5. The number of carboxylic acids is 1. The summed E-state index contributed by atoms with van der Waals surface area (Å²) in [6.45, 7) is 1.70. The third-order valence-corrected chi connectivity index (χ3v) is 3.09. The van der Waals surface area contributed by atoms with Gasteiger partial charge in [0.1, 0.15) is 17.7 Å². The predicted octanol–water partition coefficient (Wildman–Crippen LogP) is -0.143. The van der Waals surface area contributed by atoms with Gasteiger partial charge in [-0.3, -0.25) is 5.10 Å². The van der Waals surface area contributed by atoms with Crippen LogP contribution in [-0.2, 0) is 11.3 Å². The van der Waals surface area contributed by atoms with E-state index in [9.17, 15) is 14.7 Å². The van der Waals surface area contributed by atoms with Gasteiger partial charge in [0, 0.05) is 0 Å². The fourth-order valence-electron chi connectivity index (χ4n) is 1.75. The van der Waals surface area contributed by atoms with Gasteiger partial charge in [-0.25, -0.2) is 14.6 Å². The van der Waals surface area contributed by atoms with Gasteiger partial charge in [-0.1, -0.05) is 0 Å². The highest BCUT2D eigenvalue weighted by Gasteiger charge is 2.48. The summed E-state index contributed by atoms with van der Waals surface area (Å²) in [4.78, 5) is 26.7. The molecular formula is C10H15N5O3. The fraction of sp³-hybridized carbons (Fsp3) is 0.600. The third-order valence-electron chi connectivity index (χ3n) is 3.09. The summed E-state index contributed by atoms with van der Waals surface area (Å²) in [5.41, 5.74) is -1.20. The smallest absolute Gasteiger partial charge is 0.329 e. The molecule has 0 aliphatic heterocycles. The second-order valence-corrected chi connectivity index (χ2v) is 4.52. The topological polar surface area (TPSA) is 120 Å². The van der Waals surface area contributed by atoms with Crippen LogP contribution >= 0.6 is 0 Å². The molecule has 8 nitrogen and oxygen atoms in total. The highest BCUT2D eigenvalue weighted by molar-refractivity contribution is 5.86. The number of aliphatic carboxylic acids is 1. The maximum absolute atomic E-state index is 11.6. The van der Waals surface area contributed by atoms with Crippen molar-refractivity contribution in [2.24, 2.45) is 5.92 Å². The number of H-pyrrole nitrogens is 1. The number of carbonyl (C=O) groups is 2. The van der Waals surface area contributed by atoms with E-state index in [1.54, 1.807) is 0 Å². The molecule has 0 saturated heterocycles. The summed E-state index contributed by atoms with van der Waals surface area (Å²) in [6, 6.07) is -0.525. The molecule has 1 aromatic rings. The van der Waals surface area contributed by atoms with Crippen LogP contribution in [0, 0.1) is 5.92 Å². The standard InChI is InChI=1S/C10H15N5O3/c1-10(8(16)17,6-2-3-6)14-9(18)11-4-7-12-5-13-15-7/h5-6H,2-4H2,1H3,(H,16,17)(H2,11,14,18)(H,12,13,15). The molecule has 2 amide bonds. The molecule has 1 atom stereocenters. The maximum atomic E-state index is 11.6. The van der Waals surface area contributed by atoms with Gasteiger partial charge >= 0.3 is 12.0 Å². The van der Waals surface area contributed by atoms with Crippen molar-refractivity contribution in [2.45, 2.75) is 31.8 Å². The average Bonchev–Trinajstić information content (AvgIpc) is 3.04. The highest BCUT2D eigenvalue weighted by atomic mass is 16.4. The minimum absolute atomic E-state index is 0.00558. The van der Waals surface area contributed by atoms with Gasteiger partial charge in [-0.2, -0.15) is 5.10 Å². The Hall–Kier alpha value is -2.12. The molecule has 4 N–H and O–H groups in total. The van der Waals surface area contributed by atoms with E-state index in [0.717, 1.165) is 12.8 Å². The number of aromatic nitrogens is 3. The Labute approximate surface area is 103 Å². The number of hydrogen-bond acceptors (Lipinski definition) is 4. The van der Waals surface area contributed by atoms with Crippen LogP contribution in [0.3, 0.4) is 0 Å². The van der Waals surface area contributed by atoms with Crippen LogP contribution in [0.5, 0.6) is 0 Å². The normalized spacial score (nSPS) is 17.8. The molecule has 1 aliphatic carbocycles. The Balaban J connectivity index is 1.87. The lowest BCUT2D eigenvalue weighted by Crippen LogP contribution is -2.56. The summed E-state index contributed by atoms with van der Waals surface area (Å²) in [5, 5.41) is 20.4. The minimum atomic E-state index is -1.20. The second kappa shape index (κ2) is 4.63. The molecule has 1 aliphatic rings. The number of amides is 2. The second-order valence-electron chi connectivity index (χ2n) is 4.52. The van der Waals surface area contributed by atoms with E-state index in [0.29, 0.717) is 5.82 Å². The van der Waals surface area contributed by atoms with E-state index < -0.39 is 17.5 Å². The molecule has 0 spiro atoms. The molecule has 0 radical (unpaired) electrons. The lowest BCUT2D eigenvalue weighted by Gasteiger charge is -2.26. The van der Waals surface area contributed by atoms with Gasteiger partial charge < -0.3 is 15.7 Å². The summed E-state index contributed by atoms with van der Waals surface area (Å²) in [5.74, 6) is -0.501. The van der Waals surface area contributed by atoms with E-state index >= 15 is 0 Å². The van der Waals surface area contributed by atoms with Gasteiger partial charge in [0.25, 0.3) is 0 Å². The number of carboxylic acid groups (broad SMARTS) is 1. The van der Waals surface area contributed by atoms with Crippen molar-refractivity contribution in [2.75, 3.05) is 0 Å². The van der Waals surface area contributed by atoms with E-state index in [1.165, 1.54) is 13.3 Å². The van der Waals surface area contributed by atoms with Crippen LogP contribution in [0.1, 0.15) is 25.6 Å². The highest BCUT2D eigenvalue weighted by Crippen LogP contribution is 2.39. The van der Waals surface area contributed by atoms with Crippen molar-refractivity contribution in [1.82, 2.24) is 25.8 Å². The van der Waals surface area contributed by atoms with Gasteiger partial charge in [0.2, 0.25) is 0 Å². The number of nitrogens with zero attached hydrogens (tertiary/aromatic N) is 2. The van der Waals surface area contributed by atoms with Crippen LogP contribution in [-0.4, -0.2) is 37.8 Å². The molecule has 1 saturated carbocycles. The maximum Gasteiger partial charge on any atom is 0.329 e. The van der Waals surface area contributed by atoms with E-state index in [4.69, 9.17) is 0 Å². The average molecular weight is 253 g/mol. The molecule has 1 aromatic heterocycles. The Kier molecular flexibility index (Phi) is 3.17. The van der Waals surface area contributed by atoms with Gasteiger partial charge in [0.05, 0.1) is 6.54 Å². The number of aromatic amines is 1. The lowest BCUT2D eigenvalue weighted by atomic mass is 9.96. The van der Waals surface area contributed by atoms with Crippen molar-refractivity contribution in [3.63, 3.8) is 0 Å². The van der Waals surface area contributed by atoms with Crippen LogP contribution < -0.4 is 10.6 Å². The lowest BCUT2D eigenvalue weighted by molar-refractivity contribution is -0.144. The molecule has 18 heavy (non-hydrogen) atoms. The van der Waals surface area contributed by atoms with E-state index in [2.05, 4.69) is 25.8 Å². The first-order valence-electron chi connectivity index (χ1n) is 5.66. The van der Waals surface area contributed by atoms with Crippen molar-refractivity contribution in [3.05, 3.63) is 12.2 Å². The largest absolute Gasteiger partial charge is 0.480 e. The van der Waals surface area contributed by atoms with Crippen molar-refractivity contribution >= 4 is 12.0 Å². The van der Waals surface area contributed by atoms with E-state index in [1.807, 2.05) is 0 Å². The first-order valence-corrected chi connectivity index (χ1v) is 5.66. The van der Waals surface area contributed by atoms with Crippen molar-refractivity contribution < 1.29 is 14.7 Å². The zero-order valence-electron chi connectivity index (χ0n) is 9.93. The summed E-state index contributed by atoms with van der Waals surface area (Å²) in [6.07, 6.45) is 2.98. The molecule has 98 valence electrons. The summed E-state index contributed by atoms with van der Waals surface area (Å²) in [7, 11) is 0. The molecule has 8 heteroatoms. The number of carbonyl (C=O) groups excluding carboxylic acids is 1. The Bertz CT molecular complexity index is 442. The van der Waals surface area contributed by atoms with Gasteiger partial charge in [0.15, 0.2) is 0 Å². The first kappa shape index (κ1) is 12.3.